The quantitative estimate of drug-likeness (QED) is 0.475. The van der Waals surface area contributed by atoms with Crippen LogP contribution in [0, 0.1) is 0 Å². The number of rotatable bonds is 5. The maximum atomic E-state index is 5.82. The third kappa shape index (κ3) is 3.53. The summed E-state index contributed by atoms with van der Waals surface area (Å²) in [5, 5.41) is 4.15. The van der Waals surface area contributed by atoms with Crippen LogP contribution < -0.4 is 15.0 Å². The van der Waals surface area contributed by atoms with Crippen LogP contribution in [0.5, 0.6) is 5.75 Å². The third-order valence-electron chi connectivity index (χ3n) is 5.45. The monoisotopic (exact) mass is 427 g/mol. The molecule has 1 aliphatic heterocycles. The lowest BCUT2D eigenvalue weighted by molar-refractivity contribution is 0.414. The Balaban J connectivity index is 1.67. The normalized spacial score (nSPS) is 18.1. The highest BCUT2D eigenvalue weighted by molar-refractivity contribution is 7.80. The number of hydrogen-bond donors (Lipinski definition) is 1. The van der Waals surface area contributed by atoms with Crippen LogP contribution in [0.1, 0.15) is 23.5 Å². The molecule has 1 N–H and O–H groups in total. The van der Waals surface area contributed by atoms with Gasteiger partial charge in [0.1, 0.15) is 11.8 Å². The molecule has 1 fully saturated rings. The van der Waals surface area contributed by atoms with Crippen molar-refractivity contribution in [1.82, 2.24) is 19.9 Å². The van der Waals surface area contributed by atoms with E-state index in [-0.39, 0.29) is 12.1 Å². The molecule has 0 unspecified atom stereocenters. The minimum atomic E-state index is -0.115. The van der Waals surface area contributed by atoms with Gasteiger partial charge in [0.15, 0.2) is 5.11 Å². The van der Waals surface area contributed by atoms with Crippen molar-refractivity contribution in [1.29, 1.82) is 0 Å². The van der Waals surface area contributed by atoms with Gasteiger partial charge >= 0.3 is 0 Å². The van der Waals surface area contributed by atoms with E-state index in [0.717, 1.165) is 28.5 Å². The van der Waals surface area contributed by atoms with Crippen LogP contribution >= 0.6 is 12.2 Å². The van der Waals surface area contributed by atoms with E-state index in [9.17, 15) is 0 Å². The zero-order valence-electron chi connectivity index (χ0n) is 16.9. The molecule has 1 aromatic carbocycles. The van der Waals surface area contributed by atoms with Gasteiger partial charge in [-0.15, -0.1) is 0 Å². The summed E-state index contributed by atoms with van der Waals surface area (Å²) in [5.74, 6) is 0.782. The molecule has 31 heavy (non-hydrogen) atoms. The van der Waals surface area contributed by atoms with Crippen molar-refractivity contribution in [2.24, 2.45) is 0 Å². The summed E-state index contributed by atoms with van der Waals surface area (Å²) in [4.78, 5) is 10.9. The van der Waals surface area contributed by atoms with Gasteiger partial charge in [-0.2, -0.15) is 0 Å². The Morgan fingerprint density at radius 1 is 0.935 bits per heavy atom. The fourth-order valence-corrected chi connectivity index (χ4v) is 4.41. The summed E-state index contributed by atoms with van der Waals surface area (Å²) in [6, 6.07) is 21.9. The van der Waals surface area contributed by atoms with E-state index in [1.165, 1.54) is 0 Å². The number of thiocarbonyl (C=S) groups is 1. The summed E-state index contributed by atoms with van der Waals surface area (Å²) >= 11 is 5.82. The van der Waals surface area contributed by atoms with Gasteiger partial charge in [0, 0.05) is 47.9 Å². The lowest BCUT2D eigenvalue weighted by Gasteiger charge is -2.29. The van der Waals surface area contributed by atoms with E-state index in [4.69, 9.17) is 17.0 Å². The van der Waals surface area contributed by atoms with E-state index in [1.807, 2.05) is 60.8 Å². The standard InChI is InChI=1S/C24H21N5OS/c1-30-19-7-4-6-18(16-19)29-23(22(27-24(29)31)20-8-2-3-12-26-20)21-9-5-15-28(21)17-10-13-25-14-11-17/h2-16,22-23H,1H3,(H,27,31)/t22-,23+/m1/s1. The molecular formula is C24H21N5OS. The van der Waals surface area contributed by atoms with Crippen molar-refractivity contribution in [2.75, 3.05) is 12.0 Å². The van der Waals surface area contributed by atoms with Crippen LogP contribution in [-0.4, -0.2) is 26.8 Å². The van der Waals surface area contributed by atoms with E-state index < -0.39 is 0 Å². The molecule has 1 saturated heterocycles. The maximum absolute atomic E-state index is 5.82. The Morgan fingerprint density at radius 3 is 2.58 bits per heavy atom. The Hall–Kier alpha value is -3.71. The first kappa shape index (κ1) is 19.3. The molecule has 0 spiro atoms. The second-order valence-electron chi connectivity index (χ2n) is 7.21. The van der Waals surface area contributed by atoms with Crippen molar-refractivity contribution >= 4 is 23.0 Å². The predicted octanol–water partition coefficient (Wildman–Crippen LogP) is 4.45. The molecule has 4 heterocycles. The minimum Gasteiger partial charge on any atom is -0.497 e. The number of hydrogen-bond acceptors (Lipinski definition) is 4. The second kappa shape index (κ2) is 8.20. The molecule has 0 amide bonds. The molecular weight excluding hydrogens is 406 g/mol. The first-order valence-corrected chi connectivity index (χ1v) is 10.4. The van der Waals surface area contributed by atoms with Crippen LogP contribution in [0.4, 0.5) is 5.69 Å². The van der Waals surface area contributed by atoms with Gasteiger partial charge in [-0.05, 0) is 60.7 Å². The molecule has 0 bridgehead atoms. The van der Waals surface area contributed by atoms with Crippen LogP contribution in [0.2, 0.25) is 0 Å². The average molecular weight is 428 g/mol. The molecule has 0 saturated carbocycles. The van der Waals surface area contributed by atoms with E-state index in [1.54, 1.807) is 19.5 Å². The summed E-state index contributed by atoms with van der Waals surface area (Å²) in [6.45, 7) is 0. The van der Waals surface area contributed by atoms with Crippen LogP contribution in [0.25, 0.3) is 5.69 Å². The lowest BCUT2D eigenvalue weighted by Crippen LogP contribution is -2.30. The average Bonchev–Trinajstić information content (AvgIpc) is 3.44. The fraction of sp³-hybridized carbons (Fsp3) is 0.125. The smallest absolute Gasteiger partial charge is 0.174 e. The molecule has 0 radical (unpaired) electrons. The van der Waals surface area contributed by atoms with Crippen LogP contribution in [0.15, 0.2) is 91.5 Å². The van der Waals surface area contributed by atoms with Gasteiger partial charge in [0.05, 0.1) is 18.8 Å². The zero-order valence-corrected chi connectivity index (χ0v) is 17.7. The Labute approximate surface area is 186 Å². The van der Waals surface area contributed by atoms with Crippen molar-refractivity contribution in [3.63, 3.8) is 0 Å². The van der Waals surface area contributed by atoms with Crippen molar-refractivity contribution in [3.05, 3.63) is 103 Å². The number of nitrogens with zero attached hydrogens (tertiary/aromatic N) is 4. The molecule has 3 aromatic heterocycles. The van der Waals surface area contributed by atoms with Crippen molar-refractivity contribution in [2.45, 2.75) is 12.1 Å². The summed E-state index contributed by atoms with van der Waals surface area (Å²) < 4.78 is 7.64. The lowest BCUT2D eigenvalue weighted by atomic mass is 10.0. The second-order valence-corrected chi connectivity index (χ2v) is 7.59. The molecule has 154 valence electrons. The first-order valence-electron chi connectivity index (χ1n) is 9.98. The number of ether oxygens (including phenoxy) is 1. The Morgan fingerprint density at radius 2 is 1.81 bits per heavy atom. The fourth-order valence-electron chi connectivity index (χ4n) is 4.07. The van der Waals surface area contributed by atoms with E-state index in [2.05, 4.69) is 43.1 Å². The summed E-state index contributed by atoms with van der Waals surface area (Å²) in [6.07, 6.45) is 7.47. The predicted molar refractivity (Wildman–Crippen MR) is 124 cm³/mol. The van der Waals surface area contributed by atoms with Crippen molar-refractivity contribution in [3.8, 4) is 11.4 Å². The van der Waals surface area contributed by atoms with Gasteiger partial charge in [0.25, 0.3) is 0 Å². The van der Waals surface area contributed by atoms with E-state index in [0.29, 0.717) is 5.11 Å². The van der Waals surface area contributed by atoms with E-state index >= 15 is 0 Å². The number of nitrogens with one attached hydrogen (secondary N) is 1. The van der Waals surface area contributed by atoms with Gasteiger partial charge in [-0.3, -0.25) is 9.97 Å². The number of methoxy groups -OCH3 is 1. The van der Waals surface area contributed by atoms with Crippen molar-refractivity contribution < 1.29 is 4.74 Å². The highest BCUT2D eigenvalue weighted by Crippen LogP contribution is 2.42. The van der Waals surface area contributed by atoms with Crippen LogP contribution in [-0.2, 0) is 0 Å². The first-order chi connectivity index (χ1) is 15.3. The molecule has 7 heteroatoms. The molecule has 5 rings (SSSR count). The maximum Gasteiger partial charge on any atom is 0.174 e. The number of anilines is 1. The van der Waals surface area contributed by atoms with Gasteiger partial charge in [-0.25, -0.2) is 0 Å². The molecule has 0 aliphatic carbocycles. The largest absolute Gasteiger partial charge is 0.497 e. The topological polar surface area (TPSA) is 55.2 Å². The number of benzene rings is 1. The molecule has 6 nitrogen and oxygen atoms in total. The third-order valence-corrected chi connectivity index (χ3v) is 5.77. The Kier molecular flexibility index (Phi) is 5.09. The summed E-state index contributed by atoms with van der Waals surface area (Å²) in [5.41, 5.74) is 4.03. The molecule has 4 aromatic rings. The molecule has 1 aliphatic rings. The van der Waals surface area contributed by atoms with Crippen LogP contribution in [0.3, 0.4) is 0 Å². The van der Waals surface area contributed by atoms with Gasteiger partial charge < -0.3 is 19.5 Å². The van der Waals surface area contributed by atoms with Gasteiger partial charge in [-0.1, -0.05) is 12.1 Å². The Bertz CT molecular complexity index is 1190. The SMILES string of the molecule is COc1cccc(N2C(=S)N[C@H](c3ccccn3)[C@@H]2c2cccn2-c2ccncc2)c1. The highest BCUT2D eigenvalue weighted by Gasteiger charge is 2.42. The minimum absolute atomic E-state index is 0.113. The number of aromatic nitrogens is 3. The molecule has 2 atom stereocenters. The van der Waals surface area contributed by atoms with Gasteiger partial charge in [0.2, 0.25) is 0 Å². The highest BCUT2D eigenvalue weighted by atomic mass is 32.1. The zero-order chi connectivity index (χ0) is 21.2. The number of pyridine rings is 2. The summed E-state index contributed by atoms with van der Waals surface area (Å²) in [7, 11) is 1.67.